The molecule has 6 nitrogen and oxygen atoms in total. The number of nitrogens with zero attached hydrogens (tertiary/aromatic N) is 4. The number of nitrogens with one attached hydrogen (secondary N) is 2. The number of thiophene rings is 1. The molecular formula is C23H16N6S. The van der Waals surface area contributed by atoms with Gasteiger partial charge in [0.05, 0.1) is 17.1 Å². The van der Waals surface area contributed by atoms with Gasteiger partial charge in [-0.05, 0) is 49.4 Å². The Morgan fingerprint density at radius 1 is 0.900 bits per heavy atom. The molecule has 0 atom stereocenters. The van der Waals surface area contributed by atoms with Gasteiger partial charge in [-0.3, -0.25) is 10.1 Å². The van der Waals surface area contributed by atoms with E-state index in [0.29, 0.717) is 5.65 Å². The highest BCUT2D eigenvalue weighted by Gasteiger charge is 2.15. The van der Waals surface area contributed by atoms with Crippen molar-refractivity contribution in [3.05, 3.63) is 72.0 Å². The van der Waals surface area contributed by atoms with E-state index in [1.54, 1.807) is 23.7 Å². The summed E-state index contributed by atoms with van der Waals surface area (Å²) in [6.07, 6.45) is 5.44. The molecule has 0 amide bonds. The largest absolute Gasteiger partial charge is 0.338 e. The number of hydrogen-bond donors (Lipinski definition) is 2. The minimum Gasteiger partial charge on any atom is -0.338 e. The summed E-state index contributed by atoms with van der Waals surface area (Å²) in [6.45, 7) is 2.12. The predicted octanol–water partition coefficient (Wildman–Crippen LogP) is 5.60. The standard InChI is InChI=1S/C23H16N6S/c1-13-5-6-20(30-13)15-7-9-25-22-16(15)11-19(27-22)21-17-10-14(12-26-23(17)29-28-21)18-4-2-3-8-24-18/h2-12H,1H3,(H,25,27)(H,26,28,29). The molecule has 30 heavy (non-hydrogen) atoms. The van der Waals surface area contributed by atoms with Crippen LogP contribution in [0.3, 0.4) is 0 Å². The predicted molar refractivity (Wildman–Crippen MR) is 120 cm³/mol. The third kappa shape index (κ3) is 2.71. The van der Waals surface area contributed by atoms with Crippen LogP contribution in [0.5, 0.6) is 0 Å². The first kappa shape index (κ1) is 17.1. The molecule has 0 saturated heterocycles. The number of rotatable bonds is 3. The normalized spacial score (nSPS) is 11.5. The summed E-state index contributed by atoms with van der Waals surface area (Å²) in [4.78, 5) is 19.5. The van der Waals surface area contributed by atoms with Crippen LogP contribution in [-0.2, 0) is 0 Å². The lowest BCUT2D eigenvalue weighted by Crippen LogP contribution is -1.85. The Morgan fingerprint density at radius 2 is 1.87 bits per heavy atom. The maximum Gasteiger partial charge on any atom is 0.181 e. The van der Waals surface area contributed by atoms with Crippen molar-refractivity contribution in [3.8, 4) is 33.1 Å². The molecule has 6 rings (SSSR count). The second-order valence-electron chi connectivity index (χ2n) is 7.12. The van der Waals surface area contributed by atoms with E-state index in [9.17, 15) is 0 Å². The smallest absolute Gasteiger partial charge is 0.181 e. The highest BCUT2D eigenvalue weighted by atomic mass is 32.1. The summed E-state index contributed by atoms with van der Waals surface area (Å²) in [5.74, 6) is 0. The van der Waals surface area contributed by atoms with Crippen molar-refractivity contribution in [2.45, 2.75) is 6.92 Å². The van der Waals surface area contributed by atoms with E-state index in [1.165, 1.54) is 15.3 Å². The molecule has 2 N–H and O–H groups in total. The first-order valence-corrected chi connectivity index (χ1v) is 10.4. The number of aromatic nitrogens is 6. The lowest BCUT2D eigenvalue weighted by atomic mass is 10.1. The number of fused-ring (bicyclic) bond motifs is 2. The molecule has 6 aromatic rings. The summed E-state index contributed by atoms with van der Waals surface area (Å²) in [7, 11) is 0. The van der Waals surface area contributed by atoms with Gasteiger partial charge >= 0.3 is 0 Å². The SMILES string of the molecule is Cc1ccc(-c2ccnc3[nH]c(-c4[nH]nc5ncc(-c6ccccn6)cc45)cc23)s1. The van der Waals surface area contributed by atoms with Gasteiger partial charge in [-0.1, -0.05) is 6.07 Å². The Kier molecular flexibility index (Phi) is 3.75. The molecule has 0 fully saturated rings. The van der Waals surface area contributed by atoms with Crippen molar-refractivity contribution in [2.75, 3.05) is 0 Å². The number of H-pyrrole nitrogens is 2. The Hall–Kier alpha value is -3.84. The van der Waals surface area contributed by atoms with E-state index in [2.05, 4.69) is 67.4 Å². The van der Waals surface area contributed by atoms with E-state index in [4.69, 9.17) is 0 Å². The monoisotopic (exact) mass is 408 g/mol. The van der Waals surface area contributed by atoms with Crippen LogP contribution in [0.25, 0.3) is 55.2 Å². The van der Waals surface area contributed by atoms with Crippen molar-refractivity contribution in [2.24, 2.45) is 0 Å². The first-order valence-electron chi connectivity index (χ1n) is 9.57. The Balaban J connectivity index is 1.52. The molecule has 0 unspecified atom stereocenters. The van der Waals surface area contributed by atoms with Gasteiger partial charge in [-0.25, -0.2) is 9.97 Å². The second kappa shape index (κ2) is 6.60. The zero-order valence-corrected chi connectivity index (χ0v) is 16.9. The number of hydrogen-bond acceptors (Lipinski definition) is 5. The second-order valence-corrected chi connectivity index (χ2v) is 8.41. The molecular weight excluding hydrogens is 392 g/mol. The van der Waals surface area contributed by atoms with Gasteiger partial charge < -0.3 is 4.98 Å². The molecule has 0 aliphatic heterocycles. The Labute approximate surface area is 175 Å². The maximum atomic E-state index is 4.54. The molecule has 6 aromatic heterocycles. The van der Waals surface area contributed by atoms with Crippen molar-refractivity contribution < 1.29 is 0 Å². The zero-order valence-electron chi connectivity index (χ0n) is 16.0. The maximum absolute atomic E-state index is 4.54. The third-order valence-electron chi connectivity index (χ3n) is 5.18. The zero-order chi connectivity index (χ0) is 20.1. The lowest BCUT2D eigenvalue weighted by molar-refractivity contribution is 1.10. The van der Waals surface area contributed by atoms with Gasteiger partial charge in [-0.2, -0.15) is 5.10 Å². The Morgan fingerprint density at radius 3 is 2.70 bits per heavy atom. The minimum absolute atomic E-state index is 0.672. The van der Waals surface area contributed by atoms with Crippen molar-refractivity contribution >= 4 is 33.4 Å². The van der Waals surface area contributed by atoms with Crippen LogP contribution >= 0.6 is 11.3 Å². The molecule has 0 bridgehead atoms. The van der Waals surface area contributed by atoms with Gasteiger partial charge in [-0.15, -0.1) is 11.3 Å². The van der Waals surface area contributed by atoms with Gasteiger partial charge in [0.25, 0.3) is 0 Å². The molecule has 0 spiro atoms. The van der Waals surface area contributed by atoms with E-state index < -0.39 is 0 Å². The van der Waals surface area contributed by atoms with Crippen LogP contribution in [0.15, 0.2) is 67.1 Å². The molecule has 0 radical (unpaired) electrons. The van der Waals surface area contributed by atoms with Crippen molar-refractivity contribution in [1.82, 2.24) is 30.1 Å². The molecule has 0 aromatic carbocycles. The van der Waals surface area contributed by atoms with E-state index >= 15 is 0 Å². The Bertz CT molecular complexity index is 1510. The van der Waals surface area contributed by atoms with Crippen LogP contribution in [0, 0.1) is 6.92 Å². The summed E-state index contributed by atoms with van der Waals surface area (Å²) in [6, 6.07) is 16.4. The van der Waals surface area contributed by atoms with Crippen molar-refractivity contribution in [3.63, 3.8) is 0 Å². The molecule has 144 valence electrons. The summed E-state index contributed by atoms with van der Waals surface area (Å²) >= 11 is 1.79. The van der Waals surface area contributed by atoms with E-state index in [0.717, 1.165) is 39.1 Å². The molecule has 6 heterocycles. The quantitative estimate of drug-likeness (QED) is 0.399. The highest BCUT2D eigenvalue weighted by molar-refractivity contribution is 7.15. The average molecular weight is 408 g/mol. The van der Waals surface area contributed by atoms with Crippen LogP contribution in [0.2, 0.25) is 0 Å². The summed E-state index contributed by atoms with van der Waals surface area (Å²) in [5, 5.41) is 9.56. The summed E-state index contributed by atoms with van der Waals surface area (Å²) in [5.41, 5.74) is 6.36. The fraction of sp³-hybridized carbons (Fsp3) is 0.0435. The molecule has 0 aliphatic rings. The number of pyridine rings is 3. The first-order chi connectivity index (χ1) is 14.8. The van der Waals surface area contributed by atoms with Crippen LogP contribution in [-0.4, -0.2) is 30.1 Å². The molecule has 7 heteroatoms. The highest BCUT2D eigenvalue weighted by Crippen LogP contribution is 2.36. The van der Waals surface area contributed by atoms with Crippen LogP contribution in [0.1, 0.15) is 4.88 Å². The van der Waals surface area contributed by atoms with Crippen LogP contribution < -0.4 is 0 Å². The van der Waals surface area contributed by atoms with Gasteiger partial charge in [0, 0.05) is 50.2 Å². The van der Waals surface area contributed by atoms with Crippen LogP contribution in [0.4, 0.5) is 0 Å². The average Bonchev–Trinajstić information content (AvgIpc) is 3.51. The third-order valence-corrected chi connectivity index (χ3v) is 6.21. The number of aryl methyl sites for hydroxylation is 1. The fourth-order valence-electron chi connectivity index (χ4n) is 3.73. The van der Waals surface area contributed by atoms with E-state index in [-0.39, 0.29) is 0 Å². The van der Waals surface area contributed by atoms with Gasteiger partial charge in [0.15, 0.2) is 5.65 Å². The topological polar surface area (TPSA) is 83.1 Å². The van der Waals surface area contributed by atoms with Gasteiger partial charge in [0.1, 0.15) is 5.65 Å². The summed E-state index contributed by atoms with van der Waals surface area (Å²) < 4.78 is 0. The minimum atomic E-state index is 0.672. The van der Waals surface area contributed by atoms with Crippen molar-refractivity contribution in [1.29, 1.82) is 0 Å². The van der Waals surface area contributed by atoms with E-state index in [1.807, 2.05) is 24.4 Å². The molecule has 0 saturated carbocycles. The fourth-order valence-corrected chi connectivity index (χ4v) is 4.64. The van der Waals surface area contributed by atoms with Gasteiger partial charge in [0.2, 0.25) is 0 Å². The molecule has 0 aliphatic carbocycles. The lowest BCUT2D eigenvalue weighted by Gasteiger charge is -2.00. The number of aromatic amines is 2.